The van der Waals surface area contributed by atoms with E-state index in [9.17, 15) is 18.8 Å². The molecule has 4 heterocycles. The van der Waals surface area contributed by atoms with Gasteiger partial charge in [0.05, 0.1) is 23.2 Å². The fourth-order valence-corrected chi connectivity index (χ4v) is 6.49. The van der Waals surface area contributed by atoms with Crippen LogP contribution >= 0.6 is 11.3 Å². The van der Waals surface area contributed by atoms with Crippen molar-refractivity contribution >= 4 is 44.9 Å². The summed E-state index contributed by atoms with van der Waals surface area (Å²) < 4.78 is 19.7. The van der Waals surface area contributed by atoms with E-state index in [2.05, 4.69) is 10.2 Å². The zero-order chi connectivity index (χ0) is 27.8. The normalized spacial score (nSPS) is 17.9. The Morgan fingerprint density at radius 3 is 2.42 bits per heavy atom. The summed E-state index contributed by atoms with van der Waals surface area (Å²) in [4.78, 5) is 46.0. The smallest absolute Gasteiger partial charge is 0.297 e. The van der Waals surface area contributed by atoms with E-state index in [0.717, 1.165) is 0 Å². The third-order valence-corrected chi connectivity index (χ3v) is 8.61. The number of hydrogen-bond donors (Lipinski definition) is 0. The van der Waals surface area contributed by atoms with Crippen LogP contribution in [0.4, 0.5) is 15.2 Å². The van der Waals surface area contributed by atoms with Gasteiger partial charge in [-0.3, -0.25) is 19.3 Å². The van der Waals surface area contributed by atoms with Crippen molar-refractivity contribution < 1.29 is 18.4 Å². The first-order valence-electron chi connectivity index (χ1n) is 12.7. The summed E-state index contributed by atoms with van der Waals surface area (Å²) in [5.41, 5.74) is -0.451. The molecule has 0 fully saturated rings. The number of halogens is 1. The molecule has 198 valence electrons. The largest absolute Gasteiger partial charge is 0.450 e. The number of carbonyl (C=O) groups is 2. The molecule has 2 aromatic heterocycles. The molecule has 1 atom stereocenters. The molecule has 0 radical (unpaired) electrons. The quantitative estimate of drug-likeness (QED) is 0.298. The molecular formula is C30H21FN4O4S. The van der Waals surface area contributed by atoms with Gasteiger partial charge in [0.1, 0.15) is 16.4 Å². The molecule has 2 amide bonds. The van der Waals surface area contributed by atoms with Crippen LogP contribution in [-0.4, -0.2) is 22.0 Å². The second kappa shape index (κ2) is 8.65. The van der Waals surface area contributed by atoms with E-state index in [1.807, 2.05) is 13.8 Å². The van der Waals surface area contributed by atoms with Gasteiger partial charge in [0.15, 0.2) is 11.0 Å². The van der Waals surface area contributed by atoms with Gasteiger partial charge < -0.3 is 9.32 Å². The summed E-state index contributed by atoms with van der Waals surface area (Å²) in [7, 11) is 0. The molecule has 2 aliphatic heterocycles. The van der Waals surface area contributed by atoms with Crippen LogP contribution in [0.15, 0.2) is 82.0 Å². The second-order valence-corrected chi connectivity index (χ2v) is 11.1. The molecule has 3 aromatic carbocycles. The van der Waals surface area contributed by atoms with E-state index in [0.29, 0.717) is 21.8 Å². The highest BCUT2D eigenvalue weighted by molar-refractivity contribution is 7.15. The fraction of sp³-hybridized carbons (Fsp3) is 0.167. The molecule has 7 rings (SSSR count). The minimum absolute atomic E-state index is 0.0335. The summed E-state index contributed by atoms with van der Waals surface area (Å²) in [5, 5.41) is 9.72. The Hall–Kier alpha value is -4.70. The van der Waals surface area contributed by atoms with Crippen LogP contribution in [0.3, 0.4) is 0 Å². The van der Waals surface area contributed by atoms with Crippen molar-refractivity contribution in [3.8, 4) is 0 Å². The van der Waals surface area contributed by atoms with Crippen molar-refractivity contribution in [2.75, 3.05) is 9.80 Å². The minimum atomic E-state index is -1.86. The van der Waals surface area contributed by atoms with E-state index >= 15 is 0 Å². The maximum absolute atomic E-state index is 14.8. The van der Waals surface area contributed by atoms with Gasteiger partial charge >= 0.3 is 0 Å². The summed E-state index contributed by atoms with van der Waals surface area (Å²) in [5.74, 6) is -1.70. The lowest BCUT2D eigenvalue weighted by Crippen LogP contribution is -2.53. The lowest BCUT2D eigenvalue weighted by molar-refractivity contribution is -0.121. The monoisotopic (exact) mass is 552 g/mol. The summed E-state index contributed by atoms with van der Waals surface area (Å²) in [6.45, 7) is 4.01. The number of rotatable bonds is 4. The molecule has 1 unspecified atom stereocenters. The molecule has 1 spiro atoms. The zero-order valence-electron chi connectivity index (χ0n) is 21.4. The molecule has 40 heavy (non-hydrogen) atoms. The van der Waals surface area contributed by atoms with Crippen LogP contribution < -0.4 is 15.2 Å². The number of amides is 2. The second-order valence-electron chi connectivity index (χ2n) is 10.1. The number of nitrogens with zero attached hydrogens (tertiary/aromatic N) is 4. The van der Waals surface area contributed by atoms with Gasteiger partial charge in [0, 0.05) is 11.5 Å². The number of para-hydroxylation sites is 2. The number of anilines is 2. The van der Waals surface area contributed by atoms with E-state index in [1.165, 1.54) is 33.3 Å². The zero-order valence-corrected chi connectivity index (χ0v) is 22.2. The molecule has 10 heteroatoms. The minimum Gasteiger partial charge on any atom is -0.450 e. The Labute approximate surface area is 231 Å². The van der Waals surface area contributed by atoms with E-state index in [4.69, 9.17) is 4.42 Å². The van der Waals surface area contributed by atoms with Crippen molar-refractivity contribution in [3.63, 3.8) is 0 Å². The van der Waals surface area contributed by atoms with Gasteiger partial charge in [-0.2, -0.15) is 0 Å². The van der Waals surface area contributed by atoms with E-state index in [-0.39, 0.29) is 39.9 Å². The van der Waals surface area contributed by atoms with E-state index in [1.54, 1.807) is 60.7 Å². The van der Waals surface area contributed by atoms with Crippen molar-refractivity contribution in [1.82, 2.24) is 10.2 Å². The molecular weight excluding hydrogens is 531 g/mol. The Morgan fingerprint density at radius 1 is 0.950 bits per heavy atom. The Kier molecular flexibility index (Phi) is 5.27. The topological polar surface area (TPSA) is 96.6 Å². The van der Waals surface area contributed by atoms with E-state index < -0.39 is 28.6 Å². The molecule has 5 aromatic rings. The molecule has 0 aliphatic carbocycles. The van der Waals surface area contributed by atoms with Gasteiger partial charge in [0.2, 0.25) is 10.9 Å². The Bertz CT molecular complexity index is 1920. The lowest BCUT2D eigenvalue weighted by atomic mass is 9.84. The molecule has 2 aliphatic rings. The summed E-state index contributed by atoms with van der Waals surface area (Å²) in [6, 6.07) is 19.6. The highest BCUT2D eigenvalue weighted by Crippen LogP contribution is 2.54. The fourth-order valence-electron chi connectivity index (χ4n) is 5.59. The molecule has 0 bridgehead atoms. The Balaban J connectivity index is 1.54. The summed E-state index contributed by atoms with van der Waals surface area (Å²) in [6.07, 6.45) is 0. The third kappa shape index (κ3) is 3.19. The van der Waals surface area contributed by atoms with Crippen molar-refractivity contribution in [3.05, 3.63) is 116 Å². The van der Waals surface area contributed by atoms with Crippen LogP contribution in [0.2, 0.25) is 0 Å². The lowest BCUT2D eigenvalue weighted by Gasteiger charge is -2.32. The molecule has 8 nitrogen and oxygen atoms in total. The van der Waals surface area contributed by atoms with Crippen LogP contribution in [0.25, 0.3) is 11.0 Å². The average Bonchev–Trinajstić information content (AvgIpc) is 3.60. The molecule has 0 saturated carbocycles. The predicted octanol–water partition coefficient (Wildman–Crippen LogP) is 5.36. The third-order valence-electron chi connectivity index (χ3n) is 7.40. The van der Waals surface area contributed by atoms with Gasteiger partial charge in [-0.25, -0.2) is 4.39 Å². The van der Waals surface area contributed by atoms with Crippen LogP contribution in [-0.2, 0) is 16.9 Å². The summed E-state index contributed by atoms with van der Waals surface area (Å²) >= 11 is 1.19. The predicted molar refractivity (Wildman–Crippen MR) is 148 cm³/mol. The van der Waals surface area contributed by atoms with Crippen LogP contribution in [0, 0.1) is 5.82 Å². The molecule has 0 saturated heterocycles. The first kappa shape index (κ1) is 24.3. The number of carbonyl (C=O) groups excluding carboxylic acids is 2. The van der Waals surface area contributed by atoms with Crippen molar-refractivity contribution in [2.45, 2.75) is 31.8 Å². The Morgan fingerprint density at radius 2 is 1.68 bits per heavy atom. The van der Waals surface area contributed by atoms with Gasteiger partial charge in [-0.15, -0.1) is 10.2 Å². The van der Waals surface area contributed by atoms with Crippen molar-refractivity contribution in [2.24, 2.45) is 0 Å². The van der Waals surface area contributed by atoms with Gasteiger partial charge in [-0.1, -0.05) is 67.6 Å². The van der Waals surface area contributed by atoms with Gasteiger partial charge in [-0.05, 0) is 35.9 Å². The average molecular weight is 553 g/mol. The van der Waals surface area contributed by atoms with Crippen LogP contribution in [0.1, 0.15) is 52.0 Å². The standard InChI is InChI=1S/C30H21FN4O4S/c1-16(2)26-32-33-29(40-26)35-27(37)25-23(24(36)19-7-3-6-10-22(19)39-25)30(35)20-8-4-5-9-21(20)34(28(30)38)15-17-11-13-18(31)14-12-17/h3-14,16H,15H2,1-2H3. The maximum atomic E-state index is 14.8. The maximum Gasteiger partial charge on any atom is 0.297 e. The molecule has 0 N–H and O–H groups in total. The highest BCUT2D eigenvalue weighted by Gasteiger charge is 2.66. The van der Waals surface area contributed by atoms with Crippen LogP contribution in [0.5, 0.6) is 0 Å². The van der Waals surface area contributed by atoms with Gasteiger partial charge in [0.25, 0.3) is 11.8 Å². The number of benzene rings is 3. The number of hydrogen-bond acceptors (Lipinski definition) is 7. The first-order chi connectivity index (χ1) is 19.3. The highest BCUT2D eigenvalue weighted by atomic mass is 32.1. The number of aromatic nitrogens is 2. The first-order valence-corrected chi connectivity index (χ1v) is 13.5. The van der Waals surface area contributed by atoms with Crippen molar-refractivity contribution in [1.29, 1.82) is 0 Å². The number of fused-ring (bicyclic) bond motifs is 5. The SMILES string of the molecule is CC(C)c1nnc(N2C(=O)c3oc4ccccc4c(=O)c3C23C(=O)N(Cc2ccc(F)cc2)c2ccccc23)s1.